The summed E-state index contributed by atoms with van der Waals surface area (Å²) in [7, 11) is -10.3. The fraction of sp³-hybridized carbons (Fsp3) is 0.138. The number of nitrogens with zero attached hydrogens (tertiary/aromatic N) is 4. The third-order valence-electron chi connectivity index (χ3n) is 6.64. The van der Waals surface area contributed by atoms with Gasteiger partial charge in [-0.15, -0.1) is 0 Å². The number of aromatic hydroxyl groups is 1. The predicted octanol–water partition coefficient (Wildman–Crippen LogP) is -11.5. The third kappa shape index (κ3) is 16.4. The number of allylic oxidation sites excluding steroid dienone is 4. The number of anilines is 1. The molecule has 3 aromatic rings. The van der Waals surface area contributed by atoms with Crippen molar-refractivity contribution in [3.63, 3.8) is 0 Å². The summed E-state index contributed by atoms with van der Waals surface area (Å²) < 4.78 is 90.4. The molecule has 2 heterocycles. The zero-order valence-electron chi connectivity index (χ0n) is 31.6. The molecule has 294 valence electrons. The second kappa shape index (κ2) is 28.6. The van der Waals surface area contributed by atoms with Crippen molar-refractivity contribution in [1.82, 2.24) is 9.78 Å². The number of benzene rings is 2. The second-order valence-corrected chi connectivity index (χ2v) is 14.2. The van der Waals surface area contributed by atoms with Gasteiger partial charge in [-0.25, -0.2) is 26.4 Å². The standard InChI is InChI=1S/C29H26N4O18S4.4K/c1-3-46-28(36)24-18(26(34)32(30-24)20-15-17(54(40,41)42)11-12-22(20)53-51-49-39)8-6-5-7-9-19-25(29(37)47-4-2)31-33(27(19)35)21-14-16(52-50-48-38)10-13-23(21)55(43,44)45;;;;/h5-15,34,38-39H,3-4H2,1-2H3,(H,40,41,42)(H,43,44,45);;;;/q;4*+1/p-4/b7-5?,8-6?,19-9-;;;;. The van der Waals surface area contributed by atoms with Crippen molar-refractivity contribution < 1.29 is 290 Å². The molecule has 22 nitrogen and oxygen atoms in total. The monoisotopic (exact) mass is 998 g/mol. The Hall–Kier alpha value is 1.58. The van der Waals surface area contributed by atoms with Gasteiger partial charge in [-0.3, -0.25) is 14.9 Å². The molecule has 0 bridgehead atoms. The largest absolute Gasteiger partial charge is 1.00 e. The van der Waals surface area contributed by atoms with Crippen molar-refractivity contribution in [1.29, 1.82) is 0 Å². The molecule has 0 saturated heterocycles. The molecular formula is C29H22K4N4O18S4. The molecule has 0 spiro atoms. The molecule has 1 N–H and O–H groups in total. The van der Waals surface area contributed by atoms with Gasteiger partial charge in [-0.05, 0) is 62.4 Å². The van der Waals surface area contributed by atoms with Gasteiger partial charge in [0.05, 0.1) is 74.5 Å². The van der Waals surface area contributed by atoms with Crippen LogP contribution in [0.25, 0.3) is 11.8 Å². The Morgan fingerprint density at radius 3 is 2.05 bits per heavy atom. The van der Waals surface area contributed by atoms with Gasteiger partial charge < -0.3 is 34.2 Å². The number of amides is 1. The van der Waals surface area contributed by atoms with Crippen LogP contribution >= 0.6 is 24.1 Å². The Kier molecular flexibility index (Phi) is 29.3. The van der Waals surface area contributed by atoms with Crippen molar-refractivity contribution in [2.45, 2.75) is 33.4 Å². The van der Waals surface area contributed by atoms with Crippen LogP contribution in [-0.4, -0.2) is 77.6 Å². The summed E-state index contributed by atoms with van der Waals surface area (Å²) in [5.74, 6) is -4.06. The van der Waals surface area contributed by atoms with Gasteiger partial charge in [0, 0.05) is 4.90 Å². The van der Waals surface area contributed by atoms with Crippen LogP contribution in [-0.2, 0) is 58.0 Å². The number of rotatable bonds is 17. The van der Waals surface area contributed by atoms with Crippen molar-refractivity contribution in [2.75, 3.05) is 18.2 Å². The van der Waals surface area contributed by atoms with Gasteiger partial charge in [0.25, 0.3) is 5.91 Å². The molecule has 30 heteroatoms. The number of aromatic nitrogens is 2. The molecular weight excluding hydrogens is 977 g/mol. The van der Waals surface area contributed by atoms with E-state index in [9.17, 15) is 55.9 Å². The maximum absolute atomic E-state index is 13.5. The normalized spacial score (nSPS) is 13.4. The first kappa shape index (κ1) is 60.6. The maximum atomic E-state index is 13.5. The third-order valence-corrected chi connectivity index (χ3v) is 9.58. The summed E-state index contributed by atoms with van der Waals surface area (Å²) in [6.07, 6.45) is 5.81. The molecule has 0 radical (unpaired) electrons. The average molecular weight is 999 g/mol. The number of hydrogen-bond acceptors (Lipinski definition) is 22. The first-order valence-corrected chi connectivity index (χ1v) is 19.0. The second-order valence-electron chi connectivity index (χ2n) is 9.93. The van der Waals surface area contributed by atoms with Crippen LogP contribution in [0.3, 0.4) is 0 Å². The number of carbonyl (C=O) groups excluding carboxylic acids is 3. The van der Waals surface area contributed by atoms with Gasteiger partial charge in [0.2, 0.25) is 5.88 Å². The molecule has 0 unspecified atom stereocenters. The molecule has 1 aliphatic heterocycles. The Balaban J connectivity index is 0.00000841. The van der Waals surface area contributed by atoms with E-state index < -0.39 is 76.4 Å². The van der Waals surface area contributed by atoms with Crippen LogP contribution in [0.2, 0.25) is 0 Å². The summed E-state index contributed by atoms with van der Waals surface area (Å²) >= 11 is 0.556. The Morgan fingerprint density at radius 2 is 1.46 bits per heavy atom. The number of carbonyl (C=O) groups is 3. The van der Waals surface area contributed by atoms with E-state index in [0.717, 1.165) is 48.6 Å². The zero-order chi connectivity index (χ0) is 40.5. The van der Waals surface area contributed by atoms with Crippen molar-refractivity contribution in [3.05, 3.63) is 77.5 Å². The fourth-order valence-corrected chi connectivity index (χ4v) is 6.43. The average Bonchev–Trinajstić information content (AvgIpc) is 3.64. The maximum Gasteiger partial charge on any atom is 1.00 e. The van der Waals surface area contributed by atoms with E-state index >= 15 is 0 Å². The molecule has 4 rings (SSSR count). The smallest absolute Gasteiger partial charge is 0.744 e. The van der Waals surface area contributed by atoms with E-state index in [1.54, 1.807) is 0 Å². The Labute approximate surface area is 514 Å². The summed E-state index contributed by atoms with van der Waals surface area (Å²) in [4.78, 5) is 37.3. The number of hydrogen-bond donors (Lipinski definition) is 1. The molecule has 59 heavy (non-hydrogen) atoms. The zero-order valence-corrected chi connectivity index (χ0v) is 47.3. The van der Waals surface area contributed by atoms with Gasteiger partial charge in [0.15, 0.2) is 11.4 Å². The van der Waals surface area contributed by atoms with Crippen LogP contribution in [0.15, 0.2) is 91.0 Å². The molecule has 0 saturated carbocycles. The molecule has 0 fully saturated rings. The van der Waals surface area contributed by atoms with Gasteiger partial charge in [-0.2, -0.15) is 28.6 Å². The molecule has 1 aromatic heterocycles. The van der Waals surface area contributed by atoms with Crippen LogP contribution in [0.5, 0.6) is 5.88 Å². The van der Waals surface area contributed by atoms with E-state index in [-0.39, 0.29) is 252 Å². The Bertz CT molecular complexity index is 2340. The Morgan fingerprint density at radius 1 is 0.831 bits per heavy atom. The predicted molar refractivity (Wildman–Crippen MR) is 177 cm³/mol. The minimum atomic E-state index is -5.24. The number of esters is 2. The minimum Gasteiger partial charge on any atom is -0.744 e. The summed E-state index contributed by atoms with van der Waals surface area (Å²) in [6.45, 7) is 2.64. The van der Waals surface area contributed by atoms with E-state index in [2.05, 4.69) is 28.9 Å². The molecule has 0 atom stereocenters. The number of hydrazone groups is 1. The van der Waals surface area contributed by atoms with Gasteiger partial charge in [0.1, 0.15) is 20.2 Å². The molecule has 2 aromatic carbocycles. The van der Waals surface area contributed by atoms with Crippen molar-refractivity contribution in [2.24, 2.45) is 5.10 Å². The quantitative estimate of drug-likeness (QED) is 0.0192. The molecule has 1 amide bonds. The van der Waals surface area contributed by atoms with Crippen molar-refractivity contribution in [3.8, 4) is 11.6 Å². The first-order valence-electron chi connectivity index (χ1n) is 14.7. The van der Waals surface area contributed by atoms with Crippen LogP contribution in [0.4, 0.5) is 5.69 Å². The van der Waals surface area contributed by atoms with E-state index in [1.165, 1.54) is 32.1 Å². The van der Waals surface area contributed by atoms with E-state index in [0.29, 0.717) is 21.7 Å². The van der Waals surface area contributed by atoms with E-state index in [1.807, 2.05) is 0 Å². The summed E-state index contributed by atoms with van der Waals surface area (Å²) in [5, 5.41) is 46.8. The van der Waals surface area contributed by atoms with Crippen LogP contribution in [0.1, 0.15) is 29.9 Å². The van der Waals surface area contributed by atoms with Crippen LogP contribution in [0, 0.1) is 0 Å². The fourth-order valence-electron chi connectivity index (χ4n) is 4.46. The number of ether oxygens (including phenoxy) is 2. The van der Waals surface area contributed by atoms with Crippen molar-refractivity contribution >= 4 is 79.6 Å². The topological polar surface area (TPSA) is 321 Å². The van der Waals surface area contributed by atoms with E-state index in [4.69, 9.17) is 9.47 Å². The molecule has 0 aliphatic carbocycles. The molecule has 1 aliphatic rings. The van der Waals surface area contributed by atoms with Crippen LogP contribution < -0.4 is 221 Å². The summed E-state index contributed by atoms with van der Waals surface area (Å²) in [6, 6.07) is 5.53. The first-order chi connectivity index (χ1) is 26.1. The minimum absolute atomic E-state index is 0. The SMILES string of the molecule is CCOC(=O)C1=NN(c2cc(SOO[O-])ccc2S(=O)(=O)[O-])C(=O)/C1=C\C=CC=Cc1c(C(=O)OCC)nn(-c2cc(S(=O)(=O)[O-])ccc2SOO[O-])c1O.[K+].[K+].[K+].[K+]. The summed E-state index contributed by atoms with van der Waals surface area (Å²) in [5.41, 5.74) is -2.82. The van der Waals surface area contributed by atoms with Gasteiger partial charge >= 0.3 is 217 Å². The van der Waals surface area contributed by atoms with Gasteiger partial charge in [-0.1, -0.05) is 18.2 Å².